The lowest BCUT2D eigenvalue weighted by Gasteiger charge is -2.27. The number of aromatic nitrogens is 1. The fourth-order valence-corrected chi connectivity index (χ4v) is 3.92. The van der Waals surface area contributed by atoms with Gasteiger partial charge in [-0.2, -0.15) is 11.8 Å². The van der Waals surface area contributed by atoms with Gasteiger partial charge in [-0.3, -0.25) is 4.98 Å². The molecule has 3 heteroatoms. The Kier molecular flexibility index (Phi) is 6.01. The van der Waals surface area contributed by atoms with E-state index in [1.165, 1.54) is 36.3 Å². The van der Waals surface area contributed by atoms with Crippen LogP contribution in [0.15, 0.2) is 24.5 Å². The number of nitrogens with one attached hydrogen (secondary N) is 1. The van der Waals surface area contributed by atoms with Gasteiger partial charge >= 0.3 is 0 Å². The van der Waals surface area contributed by atoms with Crippen LogP contribution in [0, 0.1) is 5.92 Å². The normalized spacial score (nSPS) is 18.7. The molecule has 100 valence electrons. The van der Waals surface area contributed by atoms with Gasteiger partial charge in [-0.05, 0) is 61.3 Å². The van der Waals surface area contributed by atoms with Gasteiger partial charge in [0, 0.05) is 18.4 Å². The molecule has 0 bridgehead atoms. The lowest BCUT2D eigenvalue weighted by Crippen LogP contribution is -2.33. The summed E-state index contributed by atoms with van der Waals surface area (Å²) in [5.41, 5.74) is 1.36. The number of thioether (sulfide) groups is 1. The highest BCUT2D eigenvalue weighted by atomic mass is 32.2. The highest BCUT2D eigenvalue weighted by Crippen LogP contribution is 2.27. The molecule has 2 heterocycles. The van der Waals surface area contributed by atoms with Crippen LogP contribution in [-0.4, -0.2) is 29.1 Å². The largest absolute Gasteiger partial charge is 0.314 e. The molecule has 2 nitrogen and oxygen atoms in total. The monoisotopic (exact) mass is 264 g/mol. The summed E-state index contributed by atoms with van der Waals surface area (Å²) in [7, 11) is 0. The number of rotatable bonds is 6. The van der Waals surface area contributed by atoms with Crippen LogP contribution >= 0.6 is 11.8 Å². The molecule has 0 amide bonds. The topological polar surface area (TPSA) is 24.9 Å². The molecule has 1 aromatic heterocycles. The molecule has 18 heavy (non-hydrogen) atoms. The minimum atomic E-state index is 0.618. The lowest BCUT2D eigenvalue weighted by atomic mass is 9.91. The Bertz CT molecular complexity index is 323. The minimum absolute atomic E-state index is 0.618. The van der Waals surface area contributed by atoms with E-state index in [9.17, 15) is 0 Å². The molecule has 1 aliphatic heterocycles. The summed E-state index contributed by atoms with van der Waals surface area (Å²) in [5.74, 6) is 3.64. The van der Waals surface area contributed by atoms with Gasteiger partial charge in [0.15, 0.2) is 0 Å². The molecule has 0 spiro atoms. The molecule has 1 atom stereocenters. The van der Waals surface area contributed by atoms with Gasteiger partial charge in [-0.15, -0.1) is 0 Å². The number of hydrogen-bond donors (Lipinski definition) is 1. The molecular weight excluding hydrogens is 240 g/mol. The van der Waals surface area contributed by atoms with Crippen LogP contribution in [0.4, 0.5) is 0 Å². The lowest BCUT2D eigenvalue weighted by molar-refractivity contribution is 0.366. The van der Waals surface area contributed by atoms with Crippen LogP contribution in [0.2, 0.25) is 0 Å². The summed E-state index contributed by atoms with van der Waals surface area (Å²) in [5, 5.41) is 3.64. The van der Waals surface area contributed by atoms with Crippen molar-refractivity contribution in [2.75, 3.05) is 18.1 Å². The fourth-order valence-electron chi connectivity index (χ4n) is 2.72. The second kappa shape index (κ2) is 7.80. The predicted molar refractivity (Wildman–Crippen MR) is 80.1 cm³/mol. The van der Waals surface area contributed by atoms with E-state index < -0.39 is 0 Å². The summed E-state index contributed by atoms with van der Waals surface area (Å²) >= 11 is 2.11. The first-order chi connectivity index (χ1) is 8.88. The number of likely N-dealkylation sites (N-methyl/N-ethyl adjacent to an activating group) is 1. The molecule has 0 aliphatic carbocycles. The van der Waals surface area contributed by atoms with Gasteiger partial charge in [0.25, 0.3) is 0 Å². The summed E-state index contributed by atoms with van der Waals surface area (Å²) in [4.78, 5) is 4.21. The van der Waals surface area contributed by atoms with E-state index in [2.05, 4.69) is 35.1 Å². The summed E-state index contributed by atoms with van der Waals surface area (Å²) < 4.78 is 0. The van der Waals surface area contributed by atoms with Gasteiger partial charge in [-0.25, -0.2) is 0 Å². The van der Waals surface area contributed by atoms with Crippen LogP contribution in [-0.2, 0) is 6.42 Å². The van der Waals surface area contributed by atoms with Crippen LogP contribution in [0.3, 0.4) is 0 Å². The van der Waals surface area contributed by atoms with Crippen molar-refractivity contribution >= 4 is 11.8 Å². The van der Waals surface area contributed by atoms with E-state index in [-0.39, 0.29) is 0 Å². The van der Waals surface area contributed by atoms with Crippen molar-refractivity contribution in [3.63, 3.8) is 0 Å². The maximum absolute atomic E-state index is 4.21. The van der Waals surface area contributed by atoms with Crippen molar-refractivity contribution in [1.82, 2.24) is 10.3 Å². The van der Waals surface area contributed by atoms with E-state index in [0.29, 0.717) is 6.04 Å². The first-order valence-electron chi connectivity index (χ1n) is 7.08. The molecule has 2 rings (SSSR count). The maximum Gasteiger partial charge on any atom is 0.0300 e. The Balaban J connectivity index is 1.86. The van der Waals surface area contributed by atoms with E-state index in [0.717, 1.165) is 18.9 Å². The van der Waals surface area contributed by atoms with E-state index in [1.807, 2.05) is 18.5 Å². The third-order valence-corrected chi connectivity index (χ3v) is 4.71. The smallest absolute Gasteiger partial charge is 0.0300 e. The number of nitrogens with zero attached hydrogens (tertiary/aromatic N) is 1. The standard InChI is InChI=1S/C15H24N2S/c1-2-17-15(10-13-5-8-18-9-6-13)11-14-4-3-7-16-12-14/h3-4,7,12-13,15,17H,2,5-6,8-11H2,1H3. The van der Waals surface area contributed by atoms with Crippen LogP contribution < -0.4 is 5.32 Å². The second-order valence-corrected chi connectivity index (χ2v) is 6.34. The van der Waals surface area contributed by atoms with Gasteiger partial charge in [0.05, 0.1) is 0 Å². The fraction of sp³-hybridized carbons (Fsp3) is 0.667. The third-order valence-electron chi connectivity index (χ3n) is 3.66. The zero-order chi connectivity index (χ0) is 12.6. The van der Waals surface area contributed by atoms with Crippen molar-refractivity contribution in [1.29, 1.82) is 0 Å². The second-order valence-electron chi connectivity index (χ2n) is 5.11. The molecule has 1 saturated heterocycles. The van der Waals surface area contributed by atoms with Crippen molar-refractivity contribution in [3.05, 3.63) is 30.1 Å². The maximum atomic E-state index is 4.21. The Morgan fingerprint density at radius 1 is 1.44 bits per heavy atom. The molecule has 0 radical (unpaired) electrons. The Labute approximate surface area is 115 Å². The molecule has 1 aromatic rings. The highest BCUT2D eigenvalue weighted by Gasteiger charge is 2.18. The average Bonchev–Trinajstić information content (AvgIpc) is 2.41. The van der Waals surface area contributed by atoms with Crippen molar-refractivity contribution in [3.8, 4) is 0 Å². The third kappa shape index (κ3) is 4.62. The average molecular weight is 264 g/mol. The summed E-state index contributed by atoms with van der Waals surface area (Å²) in [6.07, 6.45) is 9.10. The van der Waals surface area contributed by atoms with Gasteiger partial charge in [0.1, 0.15) is 0 Å². The molecule has 1 unspecified atom stereocenters. The Morgan fingerprint density at radius 3 is 2.94 bits per heavy atom. The van der Waals surface area contributed by atoms with Crippen molar-refractivity contribution in [2.24, 2.45) is 5.92 Å². The van der Waals surface area contributed by atoms with Crippen LogP contribution in [0.1, 0.15) is 31.7 Å². The SMILES string of the molecule is CCNC(Cc1cccnc1)CC1CCSCC1. The Hall–Kier alpha value is -0.540. The molecule has 0 saturated carbocycles. The van der Waals surface area contributed by atoms with Crippen LogP contribution in [0.25, 0.3) is 0 Å². The van der Waals surface area contributed by atoms with E-state index in [4.69, 9.17) is 0 Å². The van der Waals surface area contributed by atoms with Crippen molar-refractivity contribution in [2.45, 2.75) is 38.6 Å². The summed E-state index contributed by atoms with van der Waals surface area (Å²) in [6.45, 7) is 3.26. The predicted octanol–water partition coefficient (Wildman–Crippen LogP) is 3.14. The van der Waals surface area contributed by atoms with Gasteiger partial charge in [0.2, 0.25) is 0 Å². The summed E-state index contributed by atoms with van der Waals surface area (Å²) in [6, 6.07) is 4.84. The quantitative estimate of drug-likeness (QED) is 0.854. The Morgan fingerprint density at radius 2 is 2.28 bits per heavy atom. The molecular formula is C15H24N2S. The first-order valence-corrected chi connectivity index (χ1v) is 8.24. The zero-order valence-electron chi connectivity index (χ0n) is 11.3. The van der Waals surface area contributed by atoms with Crippen molar-refractivity contribution < 1.29 is 0 Å². The zero-order valence-corrected chi connectivity index (χ0v) is 12.1. The molecule has 1 N–H and O–H groups in total. The molecule has 1 aliphatic rings. The van der Waals surface area contributed by atoms with Crippen LogP contribution in [0.5, 0.6) is 0 Å². The first kappa shape index (κ1) is 13.9. The number of hydrogen-bond acceptors (Lipinski definition) is 3. The highest BCUT2D eigenvalue weighted by molar-refractivity contribution is 7.99. The number of pyridine rings is 1. The van der Waals surface area contributed by atoms with E-state index >= 15 is 0 Å². The van der Waals surface area contributed by atoms with E-state index in [1.54, 1.807) is 0 Å². The minimum Gasteiger partial charge on any atom is -0.314 e. The van der Waals surface area contributed by atoms with Gasteiger partial charge < -0.3 is 5.32 Å². The van der Waals surface area contributed by atoms with Gasteiger partial charge in [-0.1, -0.05) is 13.0 Å². The molecule has 0 aromatic carbocycles. The molecule has 1 fully saturated rings.